The number of methoxy groups -OCH3 is 1. The molecule has 130 valence electrons. The second-order valence-electron chi connectivity index (χ2n) is 6.02. The highest BCUT2D eigenvalue weighted by molar-refractivity contribution is 7.91. The first-order valence-corrected chi connectivity index (χ1v) is 10.1. The third kappa shape index (κ3) is 2.97. The van der Waals surface area contributed by atoms with E-state index in [4.69, 9.17) is 4.74 Å². The molecule has 5 nitrogen and oxygen atoms in total. The van der Waals surface area contributed by atoms with Crippen molar-refractivity contribution in [2.45, 2.75) is 22.5 Å². The maximum absolute atomic E-state index is 13.0. The molecule has 3 rings (SSSR count). The van der Waals surface area contributed by atoms with Gasteiger partial charge in [-0.1, -0.05) is 30.3 Å². The van der Waals surface area contributed by atoms with Gasteiger partial charge in [0.05, 0.1) is 13.7 Å². The van der Waals surface area contributed by atoms with Gasteiger partial charge < -0.3 is 9.84 Å². The van der Waals surface area contributed by atoms with Gasteiger partial charge in [-0.15, -0.1) is 11.3 Å². The van der Waals surface area contributed by atoms with Crippen LogP contribution in [-0.2, 0) is 15.4 Å². The molecule has 1 atom stereocenters. The maximum Gasteiger partial charge on any atom is 0.256 e. The molecule has 24 heavy (non-hydrogen) atoms. The maximum atomic E-state index is 13.0. The number of piperidine rings is 1. The topological polar surface area (TPSA) is 66.8 Å². The third-order valence-corrected chi connectivity index (χ3v) is 7.89. The van der Waals surface area contributed by atoms with Gasteiger partial charge >= 0.3 is 0 Å². The summed E-state index contributed by atoms with van der Waals surface area (Å²) in [5, 5.41) is 11.8. The summed E-state index contributed by atoms with van der Waals surface area (Å²) in [6.45, 7) is 0.652. The minimum absolute atomic E-state index is 0.0788. The van der Waals surface area contributed by atoms with Crippen LogP contribution in [0.15, 0.2) is 46.0 Å². The Bertz CT molecular complexity index is 788. The van der Waals surface area contributed by atoms with Crippen LogP contribution in [0.25, 0.3) is 0 Å². The predicted molar refractivity (Wildman–Crippen MR) is 94.1 cm³/mol. The lowest BCUT2D eigenvalue weighted by Crippen LogP contribution is -2.50. The lowest BCUT2D eigenvalue weighted by molar-refractivity contribution is 0.129. The summed E-state index contributed by atoms with van der Waals surface area (Å²) >= 11 is 1.16. The molecule has 0 amide bonds. The quantitative estimate of drug-likeness (QED) is 0.882. The van der Waals surface area contributed by atoms with E-state index < -0.39 is 15.4 Å². The Kier molecular flexibility index (Phi) is 4.96. The van der Waals surface area contributed by atoms with Crippen molar-refractivity contribution in [3.63, 3.8) is 0 Å². The molecule has 1 unspecified atom stereocenters. The van der Waals surface area contributed by atoms with Gasteiger partial charge in [-0.3, -0.25) is 0 Å². The standard InChI is InChI=1S/C17H21NO4S2/c1-22-15-8-11-23-16(15)24(20,21)18-10-5-9-17(12-18,13-19)14-6-3-2-4-7-14/h2-4,6-8,11,19H,5,9-10,12-13H2,1H3. The van der Waals surface area contributed by atoms with Crippen molar-refractivity contribution in [2.75, 3.05) is 26.8 Å². The Morgan fingerprint density at radius 1 is 1.29 bits per heavy atom. The minimum atomic E-state index is -3.63. The highest BCUT2D eigenvalue weighted by atomic mass is 32.2. The molecule has 1 fully saturated rings. The van der Waals surface area contributed by atoms with Gasteiger partial charge in [-0.2, -0.15) is 4.31 Å². The van der Waals surface area contributed by atoms with Gasteiger partial charge in [0.1, 0.15) is 5.75 Å². The zero-order valence-electron chi connectivity index (χ0n) is 13.5. The highest BCUT2D eigenvalue weighted by Gasteiger charge is 2.42. The van der Waals surface area contributed by atoms with E-state index in [1.807, 2.05) is 30.3 Å². The van der Waals surface area contributed by atoms with E-state index in [1.54, 1.807) is 11.4 Å². The number of rotatable bonds is 5. The molecule has 1 aromatic heterocycles. The van der Waals surface area contributed by atoms with Crippen molar-refractivity contribution in [1.82, 2.24) is 4.31 Å². The fourth-order valence-electron chi connectivity index (χ4n) is 3.28. The van der Waals surface area contributed by atoms with Gasteiger partial charge in [0.2, 0.25) is 0 Å². The third-order valence-electron chi connectivity index (χ3n) is 4.62. The van der Waals surface area contributed by atoms with E-state index in [-0.39, 0.29) is 17.4 Å². The largest absolute Gasteiger partial charge is 0.494 e. The summed E-state index contributed by atoms with van der Waals surface area (Å²) in [7, 11) is -2.16. The molecule has 0 saturated carbocycles. The molecule has 0 aliphatic carbocycles. The molecule has 0 spiro atoms. The lowest BCUT2D eigenvalue weighted by atomic mass is 9.75. The number of aliphatic hydroxyl groups is 1. The predicted octanol–water partition coefficient (Wildman–Crippen LogP) is 2.47. The summed E-state index contributed by atoms with van der Waals surface area (Å²) in [5.74, 6) is 0.375. The molecule has 2 heterocycles. The molecule has 1 saturated heterocycles. The van der Waals surface area contributed by atoms with E-state index in [1.165, 1.54) is 11.4 Å². The van der Waals surface area contributed by atoms with Crippen LogP contribution in [0.3, 0.4) is 0 Å². The number of nitrogens with zero attached hydrogens (tertiary/aromatic N) is 1. The molecule has 1 aliphatic rings. The van der Waals surface area contributed by atoms with Crippen molar-refractivity contribution < 1.29 is 18.3 Å². The molecular weight excluding hydrogens is 346 g/mol. The number of benzene rings is 1. The Labute approximate surface area is 146 Å². The Hall–Kier alpha value is -1.41. The molecule has 2 aromatic rings. The molecule has 0 bridgehead atoms. The SMILES string of the molecule is COc1ccsc1S(=O)(=O)N1CCCC(CO)(c2ccccc2)C1. The Morgan fingerprint density at radius 3 is 2.71 bits per heavy atom. The van der Waals surface area contributed by atoms with Crippen molar-refractivity contribution in [3.05, 3.63) is 47.3 Å². The van der Waals surface area contributed by atoms with Gasteiger partial charge in [-0.25, -0.2) is 8.42 Å². The van der Waals surface area contributed by atoms with Crippen LogP contribution >= 0.6 is 11.3 Å². The average Bonchev–Trinajstić information content (AvgIpc) is 3.12. The normalized spacial score (nSPS) is 22.4. The van der Waals surface area contributed by atoms with Crippen LogP contribution in [-0.4, -0.2) is 44.6 Å². The Morgan fingerprint density at radius 2 is 2.04 bits per heavy atom. The number of sulfonamides is 1. The minimum Gasteiger partial charge on any atom is -0.494 e. The lowest BCUT2D eigenvalue weighted by Gasteiger charge is -2.41. The second kappa shape index (κ2) is 6.84. The first-order chi connectivity index (χ1) is 11.5. The molecule has 1 aliphatic heterocycles. The number of ether oxygens (including phenoxy) is 1. The molecule has 1 N–H and O–H groups in total. The summed E-state index contributed by atoms with van der Waals surface area (Å²) < 4.78 is 33.0. The van der Waals surface area contributed by atoms with E-state index in [0.29, 0.717) is 18.7 Å². The fourth-order valence-corrected chi connectivity index (χ4v) is 6.26. The highest BCUT2D eigenvalue weighted by Crippen LogP contribution is 2.38. The van der Waals surface area contributed by atoms with Gasteiger partial charge in [0.25, 0.3) is 10.0 Å². The summed E-state index contributed by atoms with van der Waals surface area (Å²) in [6.07, 6.45) is 1.48. The zero-order chi connectivity index (χ0) is 17.2. The van der Waals surface area contributed by atoms with Crippen LogP contribution in [0.1, 0.15) is 18.4 Å². The monoisotopic (exact) mass is 367 g/mol. The second-order valence-corrected chi connectivity index (χ2v) is 9.07. The van der Waals surface area contributed by atoms with Crippen molar-refractivity contribution in [3.8, 4) is 5.75 Å². The first-order valence-electron chi connectivity index (χ1n) is 7.81. The molecule has 7 heteroatoms. The summed E-state index contributed by atoms with van der Waals surface area (Å²) in [5.41, 5.74) is 0.419. The van der Waals surface area contributed by atoms with Gasteiger partial charge in [0.15, 0.2) is 4.21 Å². The van der Waals surface area contributed by atoms with E-state index in [0.717, 1.165) is 23.3 Å². The van der Waals surface area contributed by atoms with E-state index in [9.17, 15) is 13.5 Å². The molecule has 1 aromatic carbocycles. The van der Waals surface area contributed by atoms with Gasteiger partial charge in [0, 0.05) is 18.5 Å². The zero-order valence-corrected chi connectivity index (χ0v) is 15.1. The van der Waals surface area contributed by atoms with Crippen molar-refractivity contribution >= 4 is 21.4 Å². The number of hydrogen-bond acceptors (Lipinski definition) is 5. The van der Waals surface area contributed by atoms with Crippen molar-refractivity contribution in [2.24, 2.45) is 0 Å². The summed E-state index contributed by atoms with van der Waals surface area (Å²) in [4.78, 5) is 0. The fraction of sp³-hybridized carbons (Fsp3) is 0.412. The molecular formula is C17H21NO4S2. The van der Waals surface area contributed by atoms with Crippen LogP contribution in [0.2, 0.25) is 0 Å². The smallest absolute Gasteiger partial charge is 0.256 e. The average molecular weight is 367 g/mol. The van der Waals surface area contributed by atoms with Gasteiger partial charge in [-0.05, 0) is 29.9 Å². The van der Waals surface area contributed by atoms with E-state index in [2.05, 4.69) is 0 Å². The van der Waals surface area contributed by atoms with E-state index >= 15 is 0 Å². The molecule has 0 radical (unpaired) electrons. The van der Waals surface area contributed by atoms with Crippen LogP contribution in [0, 0.1) is 0 Å². The number of hydrogen-bond donors (Lipinski definition) is 1. The van der Waals surface area contributed by atoms with Crippen LogP contribution in [0.4, 0.5) is 0 Å². The van der Waals surface area contributed by atoms with Crippen molar-refractivity contribution in [1.29, 1.82) is 0 Å². The van der Waals surface area contributed by atoms with Crippen LogP contribution in [0.5, 0.6) is 5.75 Å². The van der Waals surface area contributed by atoms with Crippen LogP contribution < -0.4 is 4.74 Å². The Balaban J connectivity index is 1.95. The number of thiophene rings is 1. The number of aliphatic hydroxyl groups excluding tert-OH is 1. The first kappa shape index (κ1) is 17.4. The summed E-state index contributed by atoms with van der Waals surface area (Å²) in [6, 6.07) is 11.3.